The lowest BCUT2D eigenvalue weighted by atomic mass is 10.3. The number of hydrogen-bond donors (Lipinski definition) is 2. The van der Waals surface area contributed by atoms with Crippen LogP contribution in [-0.4, -0.2) is 28.6 Å². The van der Waals surface area contributed by atoms with Gasteiger partial charge in [0.15, 0.2) is 11.5 Å². The number of nitrogens with one attached hydrogen (secondary N) is 2. The Labute approximate surface area is 236 Å². The fourth-order valence-corrected chi connectivity index (χ4v) is 5.38. The maximum absolute atomic E-state index is 12.8. The lowest BCUT2D eigenvalue weighted by molar-refractivity contribution is -0.115. The van der Waals surface area contributed by atoms with E-state index in [0.717, 1.165) is 0 Å². The summed E-state index contributed by atoms with van der Waals surface area (Å²) in [6.45, 7) is 2.58. The van der Waals surface area contributed by atoms with Crippen molar-refractivity contribution in [2.24, 2.45) is 0 Å². The lowest BCUT2D eigenvalue weighted by Crippen LogP contribution is -2.13. The molecule has 0 heterocycles. The number of para-hydroxylation sites is 4. The average Bonchev–Trinajstić information content (AvgIpc) is 2.91. The Morgan fingerprint density at radius 1 is 0.537 bits per heavy atom. The zero-order chi connectivity index (χ0) is 29.6. The Hall–Kier alpha value is -4.88. The van der Waals surface area contributed by atoms with Crippen LogP contribution in [0.25, 0.3) is 0 Å². The maximum atomic E-state index is 12.8. The second-order valence-electron chi connectivity index (χ2n) is 8.47. The number of anilines is 2. The minimum atomic E-state index is -4.23. The summed E-state index contributed by atoms with van der Waals surface area (Å²) in [6.07, 6.45) is 0. The van der Waals surface area contributed by atoms with Crippen LogP contribution in [0.15, 0.2) is 107 Å². The van der Waals surface area contributed by atoms with E-state index in [4.69, 9.17) is 13.1 Å². The van der Waals surface area contributed by atoms with E-state index >= 15 is 0 Å². The highest BCUT2D eigenvalue weighted by Gasteiger charge is 2.21. The van der Waals surface area contributed by atoms with Crippen molar-refractivity contribution < 1.29 is 39.5 Å². The van der Waals surface area contributed by atoms with Crippen molar-refractivity contribution in [3.05, 3.63) is 97.1 Å². The Balaban J connectivity index is 1.44. The molecule has 2 amide bonds. The molecule has 212 valence electrons. The Kier molecular flexibility index (Phi) is 8.59. The first kappa shape index (κ1) is 29.1. The predicted molar refractivity (Wildman–Crippen MR) is 150 cm³/mol. The van der Waals surface area contributed by atoms with Crippen LogP contribution in [0.5, 0.6) is 23.0 Å². The summed E-state index contributed by atoms with van der Waals surface area (Å²) < 4.78 is 67.3. The molecular weight excluding hydrogens is 572 g/mol. The van der Waals surface area contributed by atoms with Crippen LogP contribution in [0.1, 0.15) is 13.8 Å². The number of rotatable bonds is 10. The van der Waals surface area contributed by atoms with E-state index in [2.05, 4.69) is 10.6 Å². The topological polar surface area (TPSA) is 154 Å². The second kappa shape index (κ2) is 12.1. The molecule has 2 N–H and O–H groups in total. The van der Waals surface area contributed by atoms with Crippen molar-refractivity contribution in [1.82, 2.24) is 0 Å². The highest BCUT2D eigenvalue weighted by atomic mass is 32.2. The summed E-state index contributed by atoms with van der Waals surface area (Å²) in [7, 11) is -8.46. The van der Waals surface area contributed by atoms with Gasteiger partial charge in [-0.2, -0.15) is 16.8 Å². The van der Waals surface area contributed by atoms with Gasteiger partial charge >= 0.3 is 20.2 Å². The summed E-state index contributed by atoms with van der Waals surface area (Å²) >= 11 is 0. The van der Waals surface area contributed by atoms with Gasteiger partial charge in [0.1, 0.15) is 21.3 Å². The van der Waals surface area contributed by atoms with Crippen LogP contribution in [0.4, 0.5) is 11.4 Å². The fraction of sp³-hybridized carbons (Fsp3) is 0.0714. The van der Waals surface area contributed by atoms with E-state index in [1.165, 1.54) is 86.6 Å². The minimum Gasteiger partial charge on any atom is -0.457 e. The van der Waals surface area contributed by atoms with Crippen molar-refractivity contribution in [3.8, 4) is 23.0 Å². The number of carbonyl (C=O) groups is 2. The Bertz CT molecular complexity index is 1650. The number of ether oxygens (including phenoxy) is 1. The van der Waals surface area contributed by atoms with Crippen molar-refractivity contribution in [2.45, 2.75) is 23.6 Å². The van der Waals surface area contributed by atoms with Gasteiger partial charge in [-0.1, -0.05) is 24.3 Å². The van der Waals surface area contributed by atoms with E-state index in [1.807, 2.05) is 0 Å². The van der Waals surface area contributed by atoms with E-state index in [0.29, 0.717) is 0 Å². The zero-order valence-electron chi connectivity index (χ0n) is 21.7. The molecule has 0 aromatic heterocycles. The smallest absolute Gasteiger partial charge is 0.339 e. The highest BCUT2D eigenvalue weighted by Crippen LogP contribution is 2.30. The molecule has 0 atom stereocenters. The van der Waals surface area contributed by atoms with Gasteiger partial charge in [0, 0.05) is 13.8 Å². The molecule has 0 saturated heterocycles. The summed E-state index contributed by atoms with van der Waals surface area (Å²) in [5.41, 5.74) is 0.410. The van der Waals surface area contributed by atoms with Gasteiger partial charge in [0.05, 0.1) is 11.4 Å². The first-order valence-corrected chi connectivity index (χ1v) is 14.7. The summed E-state index contributed by atoms with van der Waals surface area (Å²) in [5.74, 6) is -0.297. The molecule has 0 radical (unpaired) electrons. The second-order valence-corrected chi connectivity index (χ2v) is 11.6. The monoisotopic (exact) mass is 596 g/mol. The average molecular weight is 597 g/mol. The predicted octanol–water partition coefficient (Wildman–Crippen LogP) is 4.93. The molecular formula is C28H24N2O9S2. The summed E-state index contributed by atoms with van der Waals surface area (Å²) in [4.78, 5) is 22.5. The van der Waals surface area contributed by atoms with E-state index < -0.39 is 20.2 Å². The summed E-state index contributed by atoms with van der Waals surface area (Å²) in [6, 6.07) is 23.0. The Morgan fingerprint density at radius 3 is 1.22 bits per heavy atom. The first-order valence-electron chi connectivity index (χ1n) is 11.9. The molecule has 13 heteroatoms. The molecule has 4 aromatic carbocycles. The van der Waals surface area contributed by atoms with Gasteiger partial charge in [-0.15, -0.1) is 0 Å². The number of amides is 2. The van der Waals surface area contributed by atoms with E-state index in [-0.39, 0.29) is 56.0 Å². The van der Waals surface area contributed by atoms with Gasteiger partial charge in [0.25, 0.3) is 0 Å². The van der Waals surface area contributed by atoms with Crippen LogP contribution in [0.3, 0.4) is 0 Å². The third-order valence-corrected chi connectivity index (χ3v) is 7.75. The molecule has 0 spiro atoms. The van der Waals surface area contributed by atoms with Crippen molar-refractivity contribution in [3.63, 3.8) is 0 Å². The minimum absolute atomic E-state index is 0.0411. The first-order chi connectivity index (χ1) is 19.4. The standard InChI is InChI=1S/C28H24N2O9S2/c1-19(31)29-25-7-3-5-9-27(25)38-40(33,34)23-15-11-21(12-16-23)37-22-13-17-24(18-14-22)41(35,36)39-28-10-6-4-8-26(28)30-20(2)32/h3-18H,1-2H3,(H,29,31)(H,30,32). The molecule has 0 aliphatic carbocycles. The third kappa shape index (κ3) is 7.62. The highest BCUT2D eigenvalue weighted by molar-refractivity contribution is 7.87. The van der Waals surface area contributed by atoms with Gasteiger partial charge in [0.2, 0.25) is 11.8 Å². The van der Waals surface area contributed by atoms with Crippen LogP contribution in [0.2, 0.25) is 0 Å². The van der Waals surface area contributed by atoms with Crippen LogP contribution >= 0.6 is 0 Å². The number of carbonyl (C=O) groups excluding carboxylic acids is 2. The normalized spacial score (nSPS) is 11.3. The van der Waals surface area contributed by atoms with Crippen molar-refractivity contribution in [2.75, 3.05) is 10.6 Å². The summed E-state index contributed by atoms with van der Waals surface area (Å²) in [5, 5.41) is 5.02. The van der Waals surface area contributed by atoms with Crippen LogP contribution in [0, 0.1) is 0 Å². The van der Waals surface area contributed by atoms with Gasteiger partial charge < -0.3 is 23.7 Å². The van der Waals surface area contributed by atoms with Gasteiger partial charge in [-0.3, -0.25) is 9.59 Å². The molecule has 0 saturated carbocycles. The molecule has 4 rings (SSSR count). The SMILES string of the molecule is CC(=O)Nc1ccccc1OS(=O)(=O)c1ccc(Oc2ccc(S(=O)(=O)Oc3ccccc3NC(C)=O)cc2)cc1. The van der Waals surface area contributed by atoms with Crippen LogP contribution in [-0.2, 0) is 29.8 Å². The third-order valence-electron chi connectivity index (χ3n) is 5.26. The van der Waals surface area contributed by atoms with E-state index in [9.17, 15) is 26.4 Å². The molecule has 11 nitrogen and oxygen atoms in total. The number of hydrogen-bond acceptors (Lipinski definition) is 9. The maximum Gasteiger partial charge on any atom is 0.339 e. The van der Waals surface area contributed by atoms with Gasteiger partial charge in [-0.05, 0) is 72.8 Å². The molecule has 0 bridgehead atoms. The zero-order valence-corrected chi connectivity index (χ0v) is 23.4. The molecule has 0 unspecified atom stereocenters. The van der Waals surface area contributed by atoms with E-state index in [1.54, 1.807) is 24.3 Å². The lowest BCUT2D eigenvalue weighted by Gasteiger charge is -2.13. The van der Waals surface area contributed by atoms with Crippen molar-refractivity contribution >= 4 is 43.4 Å². The molecule has 0 aliphatic rings. The molecule has 4 aromatic rings. The quantitative estimate of drug-likeness (QED) is 0.243. The fourth-order valence-electron chi connectivity index (χ4n) is 3.48. The van der Waals surface area contributed by atoms with Gasteiger partial charge in [-0.25, -0.2) is 0 Å². The molecule has 41 heavy (non-hydrogen) atoms. The van der Waals surface area contributed by atoms with Crippen LogP contribution < -0.4 is 23.7 Å². The number of benzene rings is 4. The Morgan fingerprint density at radius 2 is 0.878 bits per heavy atom. The largest absolute Gasteiger partial charge is 0.457 e. The molecule has 0 fully saturated rings. The molecule has 0 aliphatic heterocycles. The van der Waals surface area contributed by atoms with Crippen molar-refractivity contribution in [1.29, 1.82) is 0 Å².